The molecule has 0 aliphatic carbocycles. The minimum atomic E-state index is -0.275. The maximum atomic E-state index is 11.7. The molecule has 0 fully saturated rings. The zero-order valence-corrected chi connectivity index (χ0v) is 10.3. The molecule has 18 heavy (non-hydrogen) atoms. The number of urea groups is 1. The molecule has 0 saturated carbocycles. The summed E-state index contributed by atoms with van der Waals surface area (Å²) < 4.78 is 0. The van der Waals surface area contributed by atoms with Gasteiger partial charge in [-0.3, -0.25) is 5.10 Å². The number of amides is 2. The van der Waals surface area contributed by atoms with Crippen molar-refractivity contribution in [1.29, 1.82) is 0 Å². The lowest BCUT2D eigenvalue weighted by molar-refractivity contribution is 0.249. The van der Waals surface area contributed by atoms with Crippen LogP contribution < -0.4 is 10.6 Å². The van der Waals surface area contributed by atoms with Crippen molar-refractivity contribution in [1.82, 2.24) is 20.5 Å². The summed E-state index contributed by atoms with van der Waals surface area (Å²) in [5, 5.41) is 12.0. The number of nitrogens with zero attached hydrogens (tertiary/aromatic N) is 2. The van der Waals surface area contributed by atoms with E-state index in [1.807, 2.05) is 38.1 Å². The van der Waals surface area contributed by atoms with Crippen LogP contribution in [0.25, 0.3) is 0 Å². The number of carbonyl (C=O) groups is 1. The molecular formula is C12H15N5O. The third-order valence-corrected chi connectivity index (χ3v) is 2.50. The molecule has 2 aromatic rings. The highest BCUT2D eigenvalue weighted by Crippen LogP contribution is 2.09. The van der Waals surface area contributed by atoms with E-state index in [1.165, 1.54) is 6.33 Å². The number of H-pyrrole nitrogens is 1. The van der Waals surface area contributed by atoms with Crippen molar-refractivity contribution in [2.75, 3.05) is 5.32 Å². The molecule has 0 aliphatic rings. The lowest BCUT2D eigenvalue weighted by atomic mass is 10.2. The topological polar surface area (TPSA) is 82.7 Å². The van der Waals surface area contributed by atoms with E-state index in [0.29, 0.717) is 5.82 Å². The van der Waals surface area contributed by atoms with E-state index in [9.17, 15) is 4.79 Å². The Hall–Kier alpha value is -2.37. The number of aromatic amines is 1. The minimum absolute atomic E-state index is 0.224. The smallest absolute Gasteiger partial charge is 0.319 e. The SMILES string of the molecule is Cc1ccc(NC(=O)N[C@H](C)c2ncn[nH]2)cc1. The molecule has 3 N–H and O–H groups in total. The minimum Gasteiger partial charge on any atom is -0.328 e. The molecule has 1 aromatic carbocycles. The van der Waals surface area contributed by atoms with Crippen molar-refractivity contribution in [3.8, 4) is 0 Å². The van der Waals surface area contributed by atoms with Gasteiger partial charge in [-0.25, -0.2) is 9.78 Å². The van der Waals surface area contributed by atoms with Crippen molar-refractivity contribution in [3.05, 3.63) is 42.0 Å². The molecular weight excluding hydrogens is 230 g/mol. The van der Waals surface area contributed by atoms with Gasteiger partial charge in [-0.1, -0.05) is 17.7 Å². The Morgan fingerprint density at radius 2 is 2.06 bits per heavy atom. The fourth-order valence-corrected chi connectivity index (χ4v) is 1.49. The van der Waals surface area contributed by atoms with Gasteiger partial charge in [-0.05, 0) is 26.0 Å². The van der Waals surface area contributed by atoms with Gasteiger partial charge in [-0.15, -0.1) is 0 Å². The van der Waals surface area contributed by atoms with Crippen molar-refractivity contribution < 1.29 is 4.79 Å². The first-order valence-corrected chi connectivity index (χ1v) is 5.64. The van der Waals surface area contributed by atoms with E-state index in [4.69, 9.17) is 0 Å². The molecule has 2 amide bonds. The standard InChI is InChI=1S/C12H15N5O/c1-8-3-5-10(6-4-8)16-12(18)15-9(2)11-13-7-14-17-11/h3-7,9H,1-2H3,(H,13,14,17)(H2,15,16,18)/t9-/m1/s1. The molecule has 0 spiro atoms. The molecule has 2 rings (SSSR count). The van der Waals surface area contributed by atoms with Gasteiger partial charge < -0.3 is 10.6 Å². The number of nitrogens with one attached hydrogen (secondary N) is 3. The Morgan fingerprint density at radius 1 is 1.33 bits per heavy atom. The van der Waals surface area contributed by atoms with Gasteiger partial charge in [0.2, 0.25) is 0 Å². The lowest BCUT2D eigenvalue weighted by Gasteiger charge is -2.12. The maximum absolute atomic E-state index is 11.7. The normalized spacial score (nSPS) is 11.9. The molecule has 1 aromatic heterocycles. The number of rotatable bonds is 3. The monoisotopic (exact) mass is 245 g/mol. The van der Waals surface area contributed by atoms with Gasteiger partial charge >= 0.3 is 6.03 Å². The summed E-state index contributed by atoms with van der Waals surface area (Å²) in [7, 11) is 0. The average Bonchev–Trinajstić information content (AvgIpc) is 2.85. The van der Waals surface area contributed by atoms with Crippen LogP contribution in [-0.2, 0) is 0 Å². The molecule has 0 unspecified atom stereocenters. The Labute approximate surface area is 105 Å². The van der Waals surface area contributed by atoms with Crippen molar-refractivity contribution in [3.63, 3.8) is 0 Å². The highest BCUT2D eigenvalue weighted by atomic mass is 16.2. The van der Waals surface area contributed by atoms with Crippen molar-refractivity contribution in [2.24, 2.45) is 0 Å². The number of hydrogen-bond acceptors (Lipinski definition) is 3. The van der Waals surface area contributed by atoms with Crippen LogP contribution >= 0.6 is 0 Å². The second kappa shape index (κ2) is 5.31. The van der Waals surface area contributed by atoms with Crippen molar-refractivity contribution >= 4 is 11.7 Å². The summed E-state index contributed by atoms with van der Waals surface area (Å²) in [6, 6.07) is 7.09. The first kappa shape index (κ1) is 12.1. The second-order valence-corrected chi connectivity index (χ2v) is 4.06. The maximum Gasteiger partial charge on any atom is 0.319 e. The Kier molecular flexibility index (Phi) is 3.57. The quantitative estimate of drug-likeness (QED) is 0.773. The average molecular weight is 245 g/mol. The van der Waals surface area contributed by atoms with Gasteiger partial charge in [-0.2, -0.15) is 5.10 Å². The molecule has 1 heterocycles. The van der Waals surface area contributed by atoms with Crippen LogP contribution in [0.3, 0.4) is 0 Å². The van der Waals surface area contributed by atoms with Crippen LogP contribution in [0.2, 0.25) is 0 Å². The third kappa shape index (κ3) is 3.07. The summed E-state index contributed by atoms with van der Waals surface area (Å²) in [6.45, 7) is 3.82. The van der Waals surface area contributed by atoms with Crippen LogP contribution in [-0.4, -0.2) is 21.2 Å². The Morgan fingerprint density at radius 3 is 2.67 bits per heavy atom. The lowest BCUT2D eigenvalue weighted by Crippen LogP contribution is -2.31. The molecule has 6 heteroatoms. The molecule has 0 aliphatic heterocycles. The van der Waals surface area contributed by atoms with Gasteiger partial charge in [0.25, 0.3) is 0 Å². The van der Waals surface area contributed by atoms with Crippen LogP contribution in [0.4, 0.5) is 10.5 Å². The fraction of sp³-hybridized carbons (Fsp3) is 0.250. The van der Waals surface area contributed by atoms with Crippen LogP contribution in [0, 0.1) is 6.92 Å². The van der Waals surface area contributed by atoms with Crippen molar-refractivity contribution in [2.45, 2.75) is 19.9 Å². The zero-order valence-electron chi connectivity index (χ0n) is 10.3. The number of carbonyl (C=O) groups excluding carboxylic acids is 1. The summed E-state index contributed by atoms with van der Waals surface area (Å²) >= 11 is 0. The summed E-state index contributed by atoms with van der Waals surface area (Å²) in [5.74, 6) is 0.619. The number of anilines is 1. The van der Waals surface area contributed by atoms with Gasteiger partial charge in [0.15, 0.2) is 0 Å². The largest absolute Gasteiger partial charge is 0.328 e. The predicted molar refractivity (Wildman–Crippen MR) is 68.1 cm³/mol. The molecule has 94 valence electrons. The number of benzene rings is 1. The Bertz CT molecular complexity index is 506. The molecule has 0 bridgehead atoms. The van der Waals surface area contributed by atoms with E-state index in [2.05, 4.69) is 25.8 Å². The molecule has 1 atom stereocenters. The second-order valence-electron chi connectivity index (χ2n) is 4.06. The summed E-state index contributed by atoms with van der Waals surface area (Å²) in [5.41, 5.74) is 1.90. The van der Waals surface area contributed by atoms with Gasteiger partial charge in [0, 0.05) is 5.69 Å². The number of aryl methyl sites for hydroxylation is 1. The predicted octanol–water partition coefficient (Wildman–Crippen LogP) is 2.00. The summed E-state index contributed by atoms with van der Waals surface area (Å²) in [4.78, 5) is 15.7. The third-order valence-electron chi connectivity index (χ3n) is 2.50. The highest BCUT2D eigenvalue weighted by molar-refractivity contribution is 5.89. The van der Waals surface area contributed by atoms with Crippen LogP contribution in [0.1, 0.15) is 24.4 Å². The summed E-state index contributed by atoms with van der Waals surface area (Å²) in [6.07, 6.45) is 1.41. The van der Waals surface area contributed by atoms with E-state index in [-0.39, 0.29) is 12.1 Å². The van der Waals surface area contributed by atoms with E-state index in [0.717, 1.165) is 11.3 Å². The molecule has 0 saturated heterocycles. The Balaban J connectivity index is 1.91. The van der Waals surface area contributed by atoms with Gasteiger partial charge in [0.1, 0.15) is 12.2 Å². The first-order chi connectivity index (χ1) is 8.65. The van der Waals surface area contributed by atoms with E-state index in [1.54, 1.807) is 0 Å². The van der Waals surface area contributed by atoms with Crippen LogP contribution in [0.5, 0.6) is 0 Å². The van der Waals surface area contributed by atoms with Crippen LogP contribution in [0.15, 0.2) is 30.6 Å². The highest BCUT2D eigenvalue weighted by Gasteiger charge is 2.11. The first-order valence-electron chi connectivity index (χ1n) is 5.64. The van der Waals surface area contributed by atoms with Gasteiger partial charge in [0.05, 0.1) is 6.04 Å². The van der Waals surface area contributed by atoms with E-state index >= 15 is 0 Å². The number of aromatic nitrogens is 3. The zero-order chi connectivity index (χ0) is 13.0. The number of hydrogen-bond donors (Lipinski definition) is 3. The molecule has 0 radical (unpaired) electrons. The molecule has 6 nitrogen and oxygen atoms in total. The fourth-order valence-electron chi connectivity index (χ4n) is 1.49. The van der Waals surface area contributed by atoms with E-state index < -0.39 is 0 Å².